The Hall–Kier alpha value is -3.93. The average Bonchev–Trinajstić information content (AvgIpc) is 2.99. The van der Waals surface area contributed by atoms with Gasteiger partial charge in [-0.15, -0.1) is 0 Å². The Labute approximate surface area is 167 Å². The predicted molar refractivity (Wildman–Crippen MR) is 111 cm³/mol. The Morgan fingerprint density at radius 2 is 1.62 bits per heavy atom. The van der Waals surface area contributed by atoms with Crippen LogP contribution in [-0.2, 0) is 19.1 Å². The molecule has 0 unspecified atom stereocenters. The summed E-state index contributed by atoms with van der Waals surface area (Å²) in [5.41, 5.74) is 2.63. The summed E-state index contributed by atoms with van der Waals surface area (Å²) in [4.78, 5) is 31.1. The van der Waals surface area contributed by atoms with Crippen LogP contribution in [-0.4, -0.2) is 31.1 Å². The second kappa shape index (κ2) is 7.59. The van der Waals surface area contributed by atoms with Gasteiger partial charge in [-0.2, -0.15) is 0 Å². The SMILES string of the molecule is COC(=O)C1=C(C(=O)OC)N(c2ccc3nc4ccccc4cc3c2)C=CC=C1. The van der Waals surface area contributed by atoms with Gasteiger partial charge < -0.3 is 14.4 Å². The molecule has 6 heteroatoms. The van der Waals surface area contributed by atoms with Crippen LogP contribution in [0.25, 0.3) is 21.8 Å². The third-order valence-corrected chi connectivity index (χ3v) is 4.67. The number of para-hydroxylation sites is 1. The van der Waals surface area contributed by atoms with Crippen LogP contribution in [0.2, 0.25) is 0 Å². The maximum atomic E-state index is 12.6. The first-order valence-electron chi connectivity index (χ1n) is 8.97. The van der Waals surface area contributed by atoms with Crippen molar-refractivity contribution in [3.63, 3.8) is 0 Å². The molecule has 0 spiro atoms. The van der Waals surface area contributed by atoms with E-state index in [1.165, 1.54) is 20.3 Å². The van der Waals surface area contributed by atoms with Crippen molar-refractivity contribution >= 4 is 39.4 Å². The summed E-state index contributed by atoms with van der Waals surface area (Å²) in [6.45, 7) is 0. The van der Waals surface area contributed by atoms with Crippen molar-refractivity contribution in [2.45, 2.75) is 0 Å². The second-order valence-corrected chi connectivity index (χ2v) is 6.37. The number of fused-ring (bicyclic) bond motifs is 2. The highest BCUT2D eigenvalue weighted by Gasteiger charge is 2.27. The van der Waals surface area contributed by atoms with Crippen molar-refractivity contribution in [3.8, 4) is 0 Å². The number of nitrogens with zero attached hydrogens (tertiary/aromatic N) is 2. The Kier molecular flexibility index (Phi) is 4.83. The first kappa shape index (κ1) is 18.4. The van der Waals surface area contributed by atoms with Crippen molar-refractivity contribution in [2.24, 2.45) is 0 Å². The van der Waals surface area contributed by atoms with Gasteiger partial charge in [0.25, 0.3) is 0 Å². The minimum absolute atomic E-state index is 0.0810. The standard InChI is InChI=1S/C23H18N2O4/c1-28-22(26)18-8-5-6-12-25(21(18)23(27)29-2)17-10-11-20-16(14-17)13-15-7-3-4-9-19(15)24-20/h3-14H,1-2H3. The van der Waals surface area contributed by atoms with E-state index < -0.39 is 11.9 Å². The normalized spacial score (nSPS) is 13.7. The molecule has 0 radical (unpaired) electrons. The van der Waals surface area contributed by atoms with Gasteiger partial charge in [0.1, 0.15) is 5.70 Å². The predicted octanol–water partition coefficient (Wildman–Crippen LogP) is 3.88. The Morgan fingerprint density at radius 1 is 0.862 bits per heavy atom. The van der Waals surface area contributed by atoms with Gasteiger partial charge in [-0.1, -0.05) is 24.3 Å². The Balaban J connectivity index is 1.90. The van der Waals surface area contributed by atoms with E-state index in [0.717, 1.165) is 21.8 Å². The van der Waals surface area contributed by atoms with Crippen LogP contribution in [0.15, 0.2) is 84.2 Å². The molecule has 0 fully saturated rings. The molecule has 144 valence electrons. The number of hydrogen-bond acceptors (Lipinski definition) is 6. The van der Waals surface area contributed by atoms with E-state index in [1.54, 1.807) is 23.3 Å². The van der Waals surface area contributed by atoms with Gasteiger partial charge in [0.05, 0.1) is 30.8 Å². The molecular weight excluding hydrogens is 368 g/mol. The zero-order valence-corrected chi connectivity index (χ0v) is 16.0. The molecule has 0 aliphatic carbocycles. The molecular formula is C23H18N2O4. The molecule has 1 aliphatic heterocycles. The van der Waals surface area contributed by atoms with Crippen molar-refractivity contribution in [1.29, 1.82) is 0 Å². The number of pyridine rings is 1. The van der Waals surface area contributed by atoms with Crippen molar-refractivity contribution in [1.82, 2.24) is 4.98 Å². The lowest BCUT2D eigenvalue weighted by Gasteiger charge is -2.23. The summed E-state index contributed by atoms with van der Waals surface area (Å²) in [6.07, 6.45) is 6.64. The number of methoxy groups -OCH3 is 2. The summed E-state index contributed by atoms with van der Waals surface area (Å²) in [6, 6.07) is 15.6. The largest absolute Gasteiger partial charge is 0.465 e. The lowest BCUT2D eigenvalue weighted by Crippen LogP contribution is -2.26. The van der Waals surface area contributed by atoms with Crippen LogP contribution >= 0.6 is 0 Å². The molecule has 29 heavy (non-hydrogen) atoms. The highest BCUT2D eigenvalue weighted by Crippen LogP contribution is 2.30. The first-order chi connectivity index (χ1) is 14.1. The first-order valence-corrected chi connectivity index (χ1v) is 8.97. The number of ether oxygens (including phenoxy) is 2. The van der Waals surface area contributed by atoms with Gasteiger partial charge in [0.15, 0.2) is 0 Å². The minimum Gasteiger partial charge on any atom is -0.465 e. The number of esters is 2. The molecule has 2 aromatic carbocycles. The van der Waals surface area contributed by atoms with E-state index in [9.17, 15) is 9.59 Å². The Bertz CT molecular complexity index is 1220. The highest BCUT2D eigenvalue weighted by atomic mass is 16.5. The van der Waals surface area contributed by atoms with Gasteiger partial charge >= 0.3 is 11.9 Å². The van der Waals surface area contributed by atoms with Crippen LogP contribution in [0.1, 0.15) is 0 Å². The van der Waals surface area contributed by atoms with E-state index in [1.807, 2.05) is 48.5 Å². The van der Waals surface area contributed by atoms with Crippen molar-refractivity contribution < 1.29 is 19.1 Å². The molecule has 0 saturated carbocycles. The quantitative estimate of drug-likeness (QED) is 0.503. The molecule has 6 nitrogen and oxygen atoms in total. The van der Waals surface area contributed by atoms with Crippen LogP contribution < -0.4 is 4.90 Å². The second-order valence-electron chi connectivity index (χ2n) is 6.37. The number of aromatic nitrogens is 1. The van der Waals surface area contributed by atoms with E-state index in [4.69, 9.17) is 9.47 Å². The number of carbonyl (C=O) groups is 2. The molecule has 0 amide bonds. The molecule has 2 heterocycles. The molecule has 1 aliphatic rings. The summed E-state index contributed by atoms with van der Waals surface area (Å²) in [5, 5.41) is 1.93. The topological polar surface area (TPSA) is 68.7 Å². The van der Waals surface area contributed by atoms with Gasteiger partial charge in [-0.05, 0) is 42.5 Å². The summed E-state index contributed by atoms with van der Waals surface area (Å²) < 4.78 is 9.79. The molecule has 0 saturated heterocycles. The summed E-state index contributed by atoms with van der Waals surface area (Å²) >= 11 is 0. The maximum Gasteiger partial charge on any atom is 0.355 e. The van der Waals surface area contributed by atoms with Gasteiger partial charge in [-0.3, -0.25) is 0 Å². The van der Waals surface area contributed by atoms with Crippen LogP contribution in [0.3, 0.4) is 0 Å². The highest BCUT2D eigenvalue weighted by molar-refractivity contribution is 6.06. The zero-order valence-electron chi connectivity index (χ0n) is 16.0. The fourth-order valence-corrected chi connectivity index (χ4v) is 3.28. The number of allylic oxidation sites excluding steroid dienone is 2. The van der Waals surface area contributed by atoms with Gasteiger partial charge in [0.2, 0.25) is 0 Å². The lowest BCUT2D eigenvalue weighted by molar-refractivity contribution is -0.139. The molecule has 4 rings (SSSR count). The van der Waals surface area contributed by atoms with Crippen molar-refractivity contribution in [3.05, 3.63) is 84.2 Å². The molecule has 0 atom stereocenters. The molecule has 0 bridgehead atoms. The average molecular weight is 386 g/mol. The number of hydrogen-bond donors (Lipinski definition) is 0. The maximum absolute atomic E-state index is 12.6. The van der Waals surface area contributed by atoms with E-state index in [0.29, 0.717) is 5.69 Å². The third kappa shape index (κ3) is 3.36. The number of rotatable bonds is 3. The number of anilines is 1. The smallest absolute Gasteiger partial charge is 0.355 e. The van der Waals surface area contributed by atoms with E-state index in [2.05, 4.69) is 4.98 Å². The van der Waals surface area contributed by atoms with Crippen molar-refractivity contribution in [2.75, 3.05) is 19.1 Å². The van der Waals surface area contributed by atoms with Crippen LogP contribution in [0.4, 0.5) is 5.69 Å². The van der Waals surface area contributed by atoms with Crippen LogP contribution in [0.5, 0.6) is 0 Å². The molecule has 1 aromatic heterocycles. The van der Waals surface area contributed by atoms with Gasteiger partial charge in [0, 0.05) is 22.7 Å². The fraction of sp³-hybridized carbons (Fsp3) is 0.0870. The monoisotopic (exact) mass is 386 g/mol. The van der Waals surface area contributed by atoms with E-state index >= 15 is 0 Å². The third-order valence-electron chi connectivity index (χ3n) is 4.67. The summed E-state index contributed by atoms with van der Waals surface area (Å²) in [7, 11) is 2.55. The minimum atomic E-state index is -0.640. The van der Waals surface area contributed by atoms with E-state index in [-0.39, 0.29) is 11.3 Å². The number of carbonyl (C=O) groups excluding carboxylic acids is 2. The van der Waals surface area contributed by atoms with Crippen LogP contribution in [0, 0.1) is 0 Å². The number of benzene rings is 2. The van der Waals surface area contributed by atoms with Gasteiger partial charge in [-0.25, -0.2) is 14.6 Å². The molecule has 0 N–H and O–H groups in total. The fourth-order valence-electron chi connectivity index (χ4n) is 3.28. The zero-order chi connectivity index (χ0) is 20.4. The summed E-state index contributed by atoms with van der Waals surface area (Å²) in [5.74, 6) is -1.26. The lowest BCUT2D eigenvalue weighted by atomic mass is 10.1. The molecule has 3 aromatic rings. The Morgan fingerprint density at radius 3 is 2.41 bits per heavy atom.